The molecular weight excluding hydrogens is 244 g/mol. The zero-order valence-electron chi connectivity index (χ0n) is 11.2. The highest BCUT2D eigenvalue weighted by Gasteiger charge is 2.10. The Morgan fingerprint density at radius 3 is 2.78 bits per heavy atom. The molecule has 0 atom stereocenters. The molecule has 2 N–H and O–H groups in total. The molecule has 0 aliphatic rings. The van der Waals surface area contributed by atoms with E-state index in [1.165, 1.54) is 16.5 Å². The van der Waals surface area contributed by atoms with Gasteiger partial charge >= 0.3 is 0 Å². The van der Waals surface area contributed by atoms with E-state index < -0.39 is 0 Å². The zero-order valence-corrected chi connectivity index (χ0v) is 11.9. The molecule has 3 heteroatoms. The van der Waals surface area contributed by atoms with Crippen LogP contribution in [0, 0.1) is 6.92 Å². The van der Waals surface area contributed by atoms with Crippen LogP contribution in [0.2, 0.25) is 5.02 Å². The zero-order chi connectivity index (χ0) is 13.1. The lowest BCUT2D eigenvalue weighted by Gasteiger charge is -2.04. The Hall–Kier alpha value is -0.990. The number of benzene rings is 1. The van der Waals surface area contributed by atoms with E-state index in [0.717, 1.165) is 42.9 Å². The van der Waals surface area contributed by atoms with Crippen molar-refractivity contribution in [1.82, 2.24) is 4.57 Å². The van der Waals surface area contributed by atoms with Crippen LogP contribution in [0.25, 0.3) is 10.9 Å². The summed E-state index contributed by atoms with van der Waals surface area (Å²) >= 11 is 6.24. The molecule has 0 saturated carbocycles. The Morgan fingerprint density at radius 1 is 1.33 bits per heavy atom. The summed E-state index contributed by atoms with van der Waals surface area (Å²) in [4.78, 5) is 0. The second-order valence-corrected chi connectivity index (χ2v) is 5.27. The van der Waals surface area contributed by atoms with Crippen molar-refractivity contribution in [1.29, 1.82) is 0 Å². The highest BCUT2D eigenvalue weighted by Crippen LogP contribution is 2.28. The average molecular weight is 265 g/mol. The van der Waals surface area contributed by atoms with Crippen molar-refractivity contribution >= 4 is 22.5 Å². The molecule has 1 heterocycles. The minimum absolute atomic E-state index is 0.743. The van der Waals surface area contributed by atoms with Gasteiger partial charge in [-0.1, -0.05) is 18.5 Å². The van der Waals surface area contributed by atoms with Crippen LogP contribution in [0.1, 0.15) is 30.9 Å². The predicted molar refractivity (Wildman–Crippen MR) is 79.4 cm³/mol. The number of nitrogens with two attached hydrogens (primary N) is 1. The molecule has 0 saturated heterocycles. The van der Waals surface area contributed by atoms with Crippen LogP contribution in [0.4, 0.5) is 0 Å². The molecule has 0 amide bonds. The summed E-state index contributed by atoms with van der Waals surface area (Å²) < 4.78 is 2.31. The van der Waals surface area contributed by atoms with E-state index in [4.69, 9.17) is 17.3 Å². The first kappa shape index (κ1) is 13.4. The molecular formula is C15H21ClN2. The number of hydrogen-bond acceptors (Lipinski definition) is 1. The topological polar surface area (TPSA) is 30.9 Å². The van der Waals surface area contributed by atoms with E-state index in [9.17, 15) is 0 Å². The molecule has 0 bridgehead atoms. The molecule has 0 radical (unpaired) electrons. The third kappa shape index (κ3) is 2.55. The van der Waals surface area contributed by atoms with Gasteiger partial charge in [0.15, 0.2) is 0 Å². The number of nitrogens with zero attached hydrogens (tertiary/aromatic N) is 1. The minimum atomic E-state index is 0.743. The number of rotatable bonds is 5. The lowest BCUT2D eigenvalue weighted by molar-refractivity contribution is 0.699. The van der Waals surface area contributed by atoms with Gasteiger partial charge in [0.2, 0.25) is 0 Å². The van der Waals surface area contributed by atoms with E-state index in [1.54, 1.807) is 0 Å². The molecule has 0 spiro atoms. The van der Waals surface area contributed by atoms with Gasteiger partial charge in [-0.25, -0.2) is 0 Å². The molecule has 2 aromatic rings. The van der Waals surface area contributed by atoms with Gasteiger partial charge < -0.3 is 10.3 Å². The van der Waals surface area contributed by atoms with Gasteiger partial charge in [-0.3, -0.25) is 0 Å². The Bertz CT molecular complexity index is 543. The number of hydrogen-bond donors (Lipinski definition) is 1. The third-order valence-corrected chi connectivity index (χ3v) is 3.77. The smallest absolute Gasteiger partial charge is 0.0498 e. The second-order valence-electron chi connectivity index (χ2n) is 4.86. The maximum absolute atomic E-state index is 6.24. The number of halogens is 1. The van der Waals surface area contributed by atoms with Gasteiger partial charge in [0.1, 0.15) is 0 Å². The molecule has 98 valence electrons. The second kappa shape index (κ2) is 5.77. The first-order chi connectivity index (χ1) is 8.67. The van der Waals surface area contributed by atoms with Crippen molar-refractivity contribution < 1.29 is 0 Å². The van der Waals surface area contributed by atoms with Crippen molar-refractivity contribution in [3.05, 3.63) is 34.5 Å². The molecule has 1 aromatic heterocycles. The van der Waals surface area contributed by atoms with Gasteiger partial charge in [-0.2, -0.15) is 0 Å². The number of aryl methyl sites for hydroxylation is 3. The molecule has 0 fully saturated rings. The highest BCUT2D eigenvalue weighted by atomic mass is 35.5. The average Bonchev–Trinajstić information content (AvgIpc) is 2.66. The van der Waals surface area contributed by atoms with Crippen LogP contribution in [-0.4, -0.2) is 11.1 Å². The monoisotopic (exact) mass is 264 g/mol. The fourth-order valence-electron chi connectivity index (χ4n) is 2.41. The Labute approximate surface area is 114 Å². The Kier molecular flexibility index (Phi) is 4.31. The highest BCUT2D eigenvalue weighted by molar-refractivity contribution is 6.32. The number of aromatic nitrogens is 1. The van der Waals surface area contributed by atoms with Gasteiger partial charge in [0.05, 0.1) is 0 Å². The molecule has 2 nitrogen and oxygen atoms in total. The van der Waals surface area contributed by atoms with Crippen LogP contribution in [0.15, 0.2) is 18.3 Å². The van der Waals surface area contributed by atoms with Crippen LogP contribution in [0.3, 0.4) is 0 Å². The van der Waals surface area contributed by atoms with Gasteiger partial charge in [0, 0.05) is 28.7 Å². The quantitative estimate of drug-likeness (QED) is 0.872. The standard InChI is InChI=1S/C15H21ClN2/c1-3-7-18-10-12(5-4-6-17)13-8-11(2)14(16)9-15(13)18/h8-10H,3-7,17H2,1-2H3. The SMILES string of the molecule is CCCn1cc(CCCN)c2cc(C)c(Cl)cc21. The summed E-state index contributed by atoms with van der Waals surface area (Å²) in [6.45, 7) is 6.04. The van der Waals surface area contributed by atoms with Crippen LogP contribution in [-0.2, 0) is 13.0 Å². The van der Waals surface area contributed by atoms with Gasteiger partial charge in [-0.15, -0.1) is 0 Å². The van der Waals surface area contributed by atoms with Crippen molar-refractivity contribution in [3.8, 4) is 0 Å². The maximum atomic E-state index is 6.24. The molecule has 2 rings (SSSR count). The van der Waals surface area contributed by atoms with Gasteiger partial charge in [0.25, 0.3) is 0 Å². The summed E-state index contributed by atoms with van der Waals surface area (Å²) in [7, 11) is 0. The summed E-state index contributed by atoms with van der Waals surface area (Å²) in [6.07, 6.45) is 5.48. The van der Waals surface area contributed by atoms with Crippen molar-refractivity contribution in [2.45, 2.75) is 39.7 Å². The maximum Gasteiger partial charge on any atom is 0.0498 e. The Morgan fingerprint density at radius 2 is 2.11 bits per heavy atom. The van der Waals surface area contributed by atoms with Crippen molar-refractivity contribution in [3.63, 3.8) is 0 Å². The summed E-state index contributed by atoms with van der Waals surface area (Å²) in [6, 6.07) is 4.30. The minimum Gasteiger partial charge on any atom is -0.347 e. The van der Waals surface area contributed by atoms with Crippen LogP contribution in [0.5, 0.6) is 0 Å². The van der Waals surface area contributed by atoms with Crippen molar-refractivity contribution in [2.24, 2.45) is 5.73 Å². The summed E-state index contributed by atoms with van der Waals surface area (Å²) in [5.74, 6) is 0. The van der Waals surface area contributed by atoms with E-state index >= 15 is 0 Å². The lowest BCUT2D eigenvalue weighted by atomic mass is 10.1. The Balaban J connectivity index is 2.53. The normalized spacial score (nSPS) is 11.3. The van der Waals surface area contributed by atoms with E-state index in [0.29, 0.717) is 0 Å². The van der Waals surface area contributed by atoms with E-state index in [-0.39, 0.29) is 0 Å². The van der Waals surface area contributed by atoms with Crippen LogP contribution >= 0.6 is 11.6 Å². The third-order valence-electron chi connectivity index (χ3n) is 3.36. The molecule has 1 aromatic carbocycles. The van der Waals surface area contributed by atoms with E-state index in [2.05, 4.69) is 36.7 Å². The molecule has 0 aliphatic heterocycles. The van der Waals surface area contributed by atoms with Gasteiger partial charge in [-0.05, 0) is 56.0 Å². The molecule has 0 aliphatic carbocycles. The van der Waals surface area contributed by atoms with E-state index in [1.807, 2.05) is 0 Å². The lowest BCUT2D eigenvalue weighted by Crippen LogP contribution is -2.00. The molecule has 18 heavy (non-hydrogen) atoms. The number of fused-ring (bicyclic) bond motifs is 1. The summed E-state index contributed by atoms with van der Waals surface area (Å²) in [5, 5.41) is 2.18. The fourth-order valence-corrected chi connectivity index (χ4v) is 2.57. The predicted octanol–water partition coefficient (Wildman–Crippen LogP) is 3.90. The van der Waals surface area contributed by atoms with Crippen LogP contribution < -0.4 is 5.73 Å². The fraction of sp³-hybridized carbons (Fsp3) is 0.467. The first-order valence-electron chi connectivity index (χ1n) is 6.65. The summed E-state index contributed by atoms with van der Waals surface area (Å²) in [5.41, 5.74) is 9.40. The molecule has 0 unspecified atom stereocenters. The largest absolute Gasteiger partial charge is 0.347 e. The first-order valence-corrected chi connectivity index (χ1v) is 7.03. The van der Waals surface area contributed by atoms with Crippen molar-refractivity contribution in [2.75, 3.05) is 6.54 Å².